The number of amides is 2. The molecule has 0 atom stereocenters. The molecular formula is C18H20N2O4. The summed E-state index contributed by atoms with van der Waals surface area (Å²) < 4.78 is 10.7. The van der Waals surface area contributed by atoms with Crippen LogP contribution in [0.4, 0.5) is 0 Å². The Morgan fingerprint density at radius 3 is 2.38 bits per heavy atom. The van der Waals surface area contributed by atoms with E-state index in [1.54, 1.807) is 30.3 Å². The van der Waals surface area contributed by atoms with E-state index in [1.807, 2.05) is 32.0 Å². The highest BCUT2D eigenvalue weighted by Crippen LogP contribution is 2.12. The van der Waals surface area contributed by atoms with Gasteiger partial charge in [-0.15, -0.1) is 0 Å². The SMILES string of the molecule is CCOc1ccc(C(=O)NNC(=O)COc2cccc(C)c2)cc1. The molecule has 0 aliphatic heterocycles. The van der Waals surface area contributed by atoms with Crippen molar-refractivity contribution in [2.45, 2.75) is 13.8 Å². The molecular weight excluding hydrogens is 308 g/mol. The van der Waals surface area contributed by atoms with E-state index >= 15 is 0 Å². The van der Waals surface area contributed by atoms with Crippen molar-refractivity contribution in [3.05, 3.63) is 59.7 Å². The molecule has 0 radical (unpaired) electrons. The highest BCUT2D eigenvalue weighted by atomic mass is 16.5. The van der Waals surface area contributed by atoms with E-state index in [4.69, 9.17) is 9.47 Å². The zero-order valence-corrected chi connectivity index (χ0v) is 13.7. The van der Waals surface area contributed by atoms with Crippen molar-refractivity contribution in [1.29, 1.82) is 0 Å². The van der Waals surface area contributed by atoms with Gasteiger partial charge in [0.05, 0.1) is 6.61 Å². The highest BCUT2D eigenvalue weighted by Gasteiger charge is 2.08. The second kappa shape index (κ2) is 8.57. The summed E-state index contributed by atoms with van der Waals surface area (Å²) in [6.07, 6.45) is 0. The van der Waals surface area contributed by atoms with E-state index in [0.29, 0.717) is 23.7 Å². The smallest absolute Gasteiger partial charge is 0.276 e. The number of benzene rings is 2. The standard InChI is InChI=1S/C18H20N2O4/c1-3-23-15-9-7-14(8-10-15)18(22)20-19-17(21)12-24-16-6-4-5-13(2)11-16/h4-11H,3,12H2,1-2H3,(H,19,21)(H,20,22). The summed E-state index contributed by atoms with van der Waals surface area (Å²) in [4.78, 5) is 23.6. The predicted octanol–water partition coefficient (Wildman–Crippen LogP) is 2.23. The third-order valence-electron chi connectivity index (χ3n) is 3.10. The molecule has 126 valence electrons. The molecule has 0 aromatic heterocycles. The molecule has 24 heavy (non-hydrogen) atoms. The van der Waals surface area contributed by atoms with Gasteiger partial charge in [-0.25, -0.2) is 0 Å². The summed E-state index contributed by atoms with van der Waals surface area (Å²) in [7, 11) is 0. The molecule has 0 spiro atoms. The molecule has 0 saturated heterocycles. The molecule has 0 bridgehead atoms. The first-order chi connectivity index (χ1) is 11.6. The maximum atomic E-state index is 11.9. The van der Waals surface area contributed by atoms with Gasteiger partial charge in [0, 0.05) is 5.56 Å². The number of ether oxygens (including phenoxy) is 2. The largest absolute Gasteiger partial charge is 0.494 e. The molecule has 0 heterocycles. The number of hydrogen-bond donors (Lipinski definition) is 2. The summed E-state index contributed by atoms with van der Waals surface area (Å²) in [5.74, 6) is 0.422. The monoisotopic (exact) mass is 328 g/mol. The van der Waals surface area contributed by atoms with Crippen LogP contribution in [0.1, 0.15) is 22.8 Å². The van der Waals surface area contributed by atoms with Gasteiger partial charge < -0.3 is 9.47 Å². The number of hydrazine groups is 1. The molecule has 0 aliphatic rings. The van der Waals surface area contributed by atoms with E-state index in [9.17, 15) is 9.59 Å². The van der Waals surface area contributed by atoms with Gasteiger partial charge in [0.15, 0.2) is 6.61 Å². The fourth-order valence-electron chi connectivity index (χ4n) is 1.96. The molecule has 0 aliphatic carbocycles. The van der Waals surface area contributed by atoms with Crippen LogP contribution in [0.15, 0.2) is 48.5 Å². The molecule has 2 aromatic carbocycles. The Morgan fingerprint density at radius 2 is 1.71 bits per heavy atom. The first-order valence-electron chi connectivity index (χ1n) is 7.60. The number of rotatable bonds is 6. The van der Waals surface area contributed by atoms with Gasteiger partial charge in [0.1, 0.15) is 11.5 Å². The van der Waals surface area contributed by atoms with Gasteiger partial charge >= 0.3 is 0 Å². The summed E-state index contributed by atoms with van der Waals surface area (Å²) in [5.41, 5.74) is 6.10. The van der Waals surface area contributed by atoms with Crippen LogP contribution in [0.3, 0.4) is 0 Å². The molecule has 6 nitrogen and oxygen atoms in total. The molecule has 0 fully saturated rings. The van der Waals surface area contributed by atoms with Crippen molar-refractivity contribution in [3.8, 4) is 11.5 Å². The maximum Gasteiger partial charge on any atom is 0.276 e. The molecule has 2 N–H and O–H groups in total. The van der Waals surface area contributed by atoms with Crippen molar-refractivity contribution in [2.24, 2.45) is 0 Å². The summed E-state index contributed by atoms with van der Waals surface area (Å²) in [5, 5.41) is 0. The van der Waals surface area contributed by atoms with E-state index < -0.39 is 11.8 Å². The Hall–Kier alpha value is -3.02. The van der Waals surface area contributed by atoms with E-state index in [0.717, 1.165) is 5.56 Å². The minimum Gasteiger partial charge on any atom is -0.494 e. The van der Waals surface area contributed by atoms with Crippen molar-refractivity contribution >= 4 is 11.8 Å². The number of nitrogens with one attached hydrogen (secondary N) is 2. The minimum absolute atomic E-state index is 0.187. The fraction of sp³-hybridized carbons (Fsp3) is 0.222. The molecule has 0 unspecified atom stereocenters. The second-order valence-corrected chi connectivity index (χ2v) is 5.06. The Morgan fingerprint density at radius 1 is 0.958 bits per heavy atom. The van der Waals surface area contributed by atoms with Crippen LogP contribution in [-0.4, -0.2) is 25.0 Å². The van der Waals surface area contributed by atoms with Crippen LogP contribution in [0, 0.1) is 6.92 Å². The van der Waals surface area contributed by atoms with Gasteiger partial charge in [0.25, 0.3) is 11.8 Å². The van der Waals surface area contributed by atoms with E-state index in [1.165, 1.54) is 0 Å². The lowest BCUT2D eigenvalue weighted by atomic mass is 10.2. The molecule has 0 saturated carbocycles. The predicted molar refractivity (Wildman–Crippen MR) is 89.9 cm³/mol. The van der Waals surface area contributed by atoms with Crippen LogP contribution in [0.5, 0.6) is 11.5 Å². The maximum absolute atomic E-state index is 11.9. The minimum atomic E-state index is -0.448. The fourth-order valence-corrected chi connectivity index (χ4v) is 1.96. The highest BCUT2D eigenvalue weighted by molar-refractivity contribution is 5.95. The number of carbonyl (C=O) groups is 2. The van der Waals surface area contributed by atoms with Crippen LogP contribution < -0.4 is 20.3 Å². The quantitative estimate of drug-likeness (QED) is 0.797. The van der Waals surface area contributed by atoms with Crippen molar-refractivity contribution in [2.75, 3.05) is 13.2 Å². The molecule has 2 aromatic rings. The van der Waals surface area contributed by atoms with E-state index in [-0.39, 0.29) is 6.61 Å². The third-order valence-corrected chi connectivity index (χ3v) is 3.10. The topological polar surface area (TPSA) is 76.7 Å². The third kappa shape index (κ3) is 5.31. The lowest BCUT2D eigenvalue weighted by Crippen LogP contribution is -2.43. The van der Waals surface area contributed by atoms with Gasteiger partial charge in [-0.2, -0.15) is 0 Å². The van der Waals surface area contributed by atoms with Crippen molar-refractivity contribution in [3.63, 3.8) is 0 Å². The number of hydrogen-bond acceptors (Lipinski definition) is 4. The van der Waals surface area contributed by atoms with Gasteiger partial charge in [-0.3, -0.25) is 20.4 Å². The van der Waals surface area contributed by atoms with Crippen LogP contribution in [0.25, 0.3) is 0 Å². The first-order valence-corrected chi connectivity index (χ1v) is 7.60. The summed E-state index contributed by atoms with van der Waals surface area (Å²) >= 11 is 0. The number of carbonyl (C=O) groups excluding carboxylic acids is 2. The van der Waals surface area contributed by atoms with Gasteiger partial charge in [0.2, 0.25) is 0 Å². The van der Waals surface area contributed by atoms with E-state index in [2.05, 4.69) is 10.9 Å². The molecule has 2 amide bonds. The number of aryl methyl sites for hydroxylation is 1. The summed E-state index contributed by atoms with van der Waals surface area (Å²) in [6, 6.07) is 14.0. The Kier molecular flexibility index (Phi) is 6.19. The molecule has 2 rings (SSSR count). The lowest BCUT2D eigenvalue weighted by Gasteiger charge is -2.09. The van der Waals surface area contributed by atoms with Crippen LogP contribution in [-0.2, 0) is 4.79 Å². The Labute approximate surface area is 140 Å². The van der Waals surface area contributed by atoms with Crippen LogP contribution in [0.2, 0.25) is 0 Å². The van der Waals surface area contributed by atoms with Crippen molar-refractivity contribution in [1.82, 2.24) is 10.9 Å². The average Bonchev–Trinajstić information content (AvgIpc) is 2.59. The average molecular weight is 328 g/mol. The van der Waals surface area contributed by atoms with Gasteiger partial charge in [-0.1, -0.05) is 12.1 Å². The van der Waals surface area contributed by atoms with Crippen LogP contribution >= 0.6 is 0 Å². The first kappa shape index (κ1) is 17.3. The Bertz CT molecular complexity index is 698. The Balaban J connectivity index is 1.77. The normalized spacial score (nSPS) is 9.92. The van der Waals surface area contributed by atoms with Gasteiger partial charge in [-0.05, 0) is 55.8 Å². The summed E-state index contributed by atoms with van der Waals surface area (Å²) in [6.45, 7) is 4.19. The molecule has 6 heteroatoms. The zero-order chi connectivity index (χ0) is 17.4. The zero-order valence-electron chi connectivity index (χ0n) is 13.7. The second-order valence-electron chi connectivity index (χ2n) is 5.06. The lowest BCUT2D eigenvalue weighted by molar-refractivity contribution is -0.123. The van der Waals surface area contributed by atoms with Crippen molar-refractivity contribution < 1.29 is 19.1 Å².